The number of hydrogen-bond acceptors (Lipinski definition) is 3. The number of hydrogen-bond donors (Lipinski definition) is 1. The Hall–Kier alpha value is -3.54. The van der Waals surface area contributed by atoms with Gasteiger partial charge in [-0.3, -0.25) is 9.59 Å². The Labute approximate surface area is 207 Å². The number of carbonyl (C=O) groups is 2. The third kappa shape index (κ3) is 4.58. The van der Waals surface area contributed by atoms with Crippen molar-refractivity contribution in [3.8, 4) is 0 Å². The van der Waals surface area contributed by atoms with Gasteiger partial charge in [0.25, 0.3) is 11.8 Å². The van der Waals surface area contributed by atoms with E-state index in [0.29, 0.717) is 29.2 Å². The fraction of sp³-hybridized carbons (Fsp3) is 0.0714. The van der Waals surface area contributed by atoms with Crippen molar-refractivity contribution in [3.63, 3.8) is 0 Å². The molecule has 0 saturated carbocycles. The number of benzene rings is 4. The molecule has 0 unspecified atom stereocenters. The molecule has 4 aromatic carbocycles. The van der Waals surface area contributed by atoms with E-state index < -0.39 is 0 Å². The maximum Gasteiger partial charge on any atom is 0.259 e. The fourth-order valence-corrected chi connectivity index (χ4v) is 5.16. The molecule has 0 atom stereocenters. The lowest BCUT2D eigenvalue weighted by atomic mass is 10.1. The molecule has 0 aromatic heterocycles. The first-order chi connectivity index (χ1) is 16.6. The van der Waals surface area contributed by atoms with Gasteiger partial charge in [-0.2, -0.15) is 0 Å². The first-order valence-corrected chi connectivity index (χ1v) is 12.1. The summed E-state index contributed by atoms with van der Waals surface area (Å²) in [7, 11) is 0. The van der Waals surface area contributed by atoms with Gasteiger partial charge in [-0.25, -0.2) is 0 Å². The highest BCUT2D eigenvalue weighted by Gasteiger charge is 2.28. The zero-order chi connectivity index (χ0) is 23.5. The molecule has 1 aliphatic heterocycles. The second kappa shape index (κ2) is 9.75. The van der Waals surface area contributed by atoms with Crippen LogP contribution in [0.2, 0.25) is 5.02 Å². The number of anilines is 1. The highest BCUT2D eigenvalue weighted by Crippen LogP contribution is 2.42. The summed E-state index contributed by atoms with van der Waals surface area (Å²) < 4.78 is 0. The molecule has 1 aliphatic rings. The van der Waals surface area contributed by atoms with E-state index in [-0.39, 0.29) is 11.8 Å². The third-order valence-electron chi connectivity index (χ3n) is 5.68. The lowest BCUT2D eigenvalue weighted by Crippen LogP contribution is -2.31. The van der Waals surface area contributed by atoms with Gasteiger partial charge in [-0.1, -0.05) is 84.0 Å². The summed E-state index contributed by atoms with van der Waals surface area (Å²) in [5, 5.41) is 3.55. The average molecular weight is 485 g/mol. The van der Waals surface area contributed by atoms with Crippen molar-refractivity contribution in [2.75, 3.05) is 4.90 Å². The first kappa shape index (κ1) is 22.3. The van der Waals surface area contributed by atoms with Crippen molar-refractivity contribution < 1.29 is 9.59 Å². The van der Waals surface area contributed by atoms with Crippen LogP contribution in [0.15, 0.2) is 107 Å². The molecule has 0 spiro atoms. The van der Waals surface area contributed by atoms with E-state index in [1.165, 1.54) is 0 Å². The summed E-state index contributed by atoms with van der Waals surface area (Å²) in [4.78, 5) is 30.2. The first-order valence-electron chi connectivity index (χ1n) is 10.9. The highest BCUT2D eigenvalue weighted by molar-refractivity contribution is 7.99. The van der Waals surface area contributed by atoms with Crippen molar-refractivity contribution in [2.24, 2.45) is 0 Å². The summed E-state index contributed by atoms with van der Waals surface area (Å²) in [6, 6.07) is 30.4. The summed E-state index contributed by atoms with van der Waals surface area (Å²) >= 11 is 7.77. The monoisotopic (exact) mass is 484 g/mol. The molecule has 4 nitrogen and oxygen atoms in total. The van der Waals surface area contributed by atoms with Crippen LogP contribution in [0.1, 0.15) is 31.8 Å². The molecule has 34 heavy (non-hydrogen) atoms. The molecule has 1 N–H and O–H groups in total. The van der Waals surface area contributed by atoms with Gasteiger partial charge in [0.15, 0.2) is 0 Å². The molecular weight excluding hydrogens is 464 g/mol. The van der Waals surface area contributed by atoms with Crippen LogP contribution >= 0.6 is 23.4 Å². The second-order valence-electron chi connectivity index (χ2n) is 7.93. The fourth-order valence-electron chi connectivity index (χ4n) is 3.90. The van der Waals surface area contributed by atoms with Crippen LogP contribution in [0.4, 0.5) is 5.69 Å². The smallest absolute Gasteiger partial charge is 0.259 e. The van der Waals surface area contributed by atoms with E-state index in [1.807, 2.05) is 78.9 Å². The predicted molar refractivity (Wildman–Crippen MR) is 137 cm³/mol. The molecule has 0 saturated heterocycles. The van der Waals surface area contributed by atoms with Gasteiger partial charge in [0.2, 0.25) is 0 Å². The van der Waals surface area contributed by atoms with Crippen LogP contribution in [-0.2, 0) is 13.1 Å². The second-order valence-corrected chi connectivity index (χ2v) is 9.42. The molecule has 0 fully saturated rings. The Morgan fingerprint density at radius 1 is 0.853 bits per heavy atom. The van der Waals surface area contributed by atoms with E-state index in [1.54, 1.807) is 34.9 Å². The van der Waals surface area contributed by atoms with Crippen LogP contribution in [-0.4, -0.2) is 11.8 Å². The largest absolute Gasteiger partial charge is 0.348 e. The molecule has 1 heterocycles. The predicted octanol–water partition coefficient (Wildman–Crippen LogP) is 6.58. The molecule has 5 rings (SSSR count). The number of nitrogens with one attached hydrogen (secondary N) is 1. The minimum Gasteiger partial charge on any atom is -0.348 e. The van der Waals surface area contributed by atoms with E-state index in [0.717, 1.165) is 26.6 Å². The summed E-state index contributed by atoms with van der Waals surface area (Å²) in [5.74, 6) is -0.305. The normalized spacial score (nSPS) is 12.5. The lowest BCUT2D eigenvalue weighted by Gasteiger charge is -2.24. The van der Waals surface area contributed by atoms with Gasteiger partial charge in [-0.15, -0.1) is 0 Å². The number of nitrogens with zero attached hydrogens (tertiary/aromatic N) is 1. The Kier molecular flexibility index (Phi) is 6.39. The maximum atomic E-state index is 13.6. The number of rotatable bonds is 5. The van der Waals surface area contributed by atoms with Crippen molar-refractivity contribution >= 4 is 40.9 Å². The van der Waals surface area contributed by atoms with Crippen molar-refractivity contribution in [1.82, 2.24) is 5.32 Å². The quantitative estimate of drug-likeness (QED) is 0.348. The third-order valence-corrected chi connectivity index (χ3v) is 7.18. The van der Waals surface area contributed by atoms with E-state index in [9.17, 15) is 9.59 Å². The zero-order valence-corrected chi connectivity index (χ0v) is 19.8. The highest BCUT2D eigenvalue weighted by atomic mass is 35.5. The van der Waals surface area contributed by atoms with E-state index in [2.05, 4.69) is 5.32 Å². The standard InChI is InChI=1S/C28H21ClN2O2S/c29-23-12-6-4-10-21(23)17-30-27(32)20-14-15-26-24(16-20)31(18-19-8-2-1-3-9-19)28(33)22-11-5-7-13-25(22)34-26/h1-16H,17-18H2,(H,30,32). The van der Waals surface area contributed by atoms with Crippen molar-refractivity contribution in [1.29, 1.82) is 0 Å². The molecule has 0 radical (unpaired) electrons. The Morgan fingerprint density at radius 2 is 1.59 bits per heavy atom. The van der Waals surface area contributed by atoms with Crippen LogP contribution < -0.4 is 10.2 Å². The van der Waals surface area contributed by atoms with Gasteiger partial charge in [0.1, 0.15) is 0 Å². The summed E-state index contributed by atoms with van der Waals surface area (Å²) in [5.41, 5.74) is 3.73. The topological polar surface area (TPSA) is 49.4 Å². The van der Waals surface area contributed by atoms with Gasteiger partial charge in [-0.05, 0) is 47.5 Å². The van der Waals surface area contributed by atoms with Gasteiger partial charge in [0.05, 0.1) is 17.8 Å². The SMILES string of the molecule is O=C(NCc1ccccc1Cl)c1ccc2c(c1)N(Cc1ccccc1)C(=O)c1ccccc1S2. The molecule has 6 heteroatoms. The molecular formula is C28H21ClN2O2S. The maximum absolute atomic E-state index is 13.6. The van der Waals surface area contributed by atoms with Crippen LogP contribution in [0.5, 0.6) is 0 Å². The summed E-state index contributed by atoms with van der Waals surface area (Å²) in [6.45, 7) is 0.731. The minimum absolute atomic E-state index is 0.0840. The van der Waals surface area contributed by atoms with Gasteiger partial charge in [0, 0.05) is 26.9 Å². The number of fused-ring (bicyclic) bond motifs is 2. The number of halogens is 1. The summed E-state index contributed by atoms with van der Waals surface area (Å²) in [6.07, 6.45) is 0. The van der Waals surface area contributed by atoms with Gasteiger partial charge >= 0.3 is 0 Å². The molecule has 2 amide bonds. The Balaban J connectivity index is 1.49. The van der Waals surface area contributed by atoms with E-state index in [4.69, 9.17) is 11.6 Å². The molecule has 4 aromatic rings. The molecule has 0 bridgehead atoms. The number of amides is 2. The van der Waals surface area contributed by atoms with Crippen molar-refractivity contribution in [2.45, 2.75) is 22.9 Å². The van der Waals surface area contributed by atoms with Crippen LogP contribution in [0.3, 0.4) is 0 Å². The van der Waals surface area contributed by atoms with Crippen molar-refractivity contribution in [3.05, 3.63) is 124 Å². The lowest BCUT2D eigenvalue weighted by molar-refractivity contribution is 0.0947. The van der Waals surface area contributed by atoms with E-state index >= 15 is 0 Å². The Bertz CT molecular complexity index is 1370. The average Bonchev–Trinajstić information content (AvgIpc) is 2.98. The molecule has 0 aliphatic carbocycles. The van der Waals surface area contributed by atoms with Crippen LogP contribution in [0, 0.1) is 0 Å². The molecule has 168 valence electrons. The van der Waals surface area contributed by atoms with Gasteiger partial charge < -0.3 is 10.2 Å². The van der Waals surface area contributed by atoms with Crippen LogP contribution in [0.25, 0.3) is 0 Å². The minimum atomic E-state index is -0.221. The Morgan fingerprint density at radius 3 is 2.41 bits per heavy atom. The number of carbonyl (C=O) groups excluding carboxylic acids is 2. The zero-order valence-electron chi connectivity index (χ0n) is 18.2.